The molecule has 6 heteroatoms. The van der Waals surface area contributed by atoms with Crippen molar-refractivity contribution in [3.05, 3.63) is 34.1 Å². The molecule has 2 rings (SSSR count). The van der Waals surface area contributed by atoms with Gasteiger partial charge in [0.1, 0.15) is 5.82 Å². The first-order chi connectivity index (χ1) is 8.56. The molecule has 0 saturated carbocycles. The van der Waals surface area contributed by atoms with E-state index in [4.69, 9.17) is 0 Å². The molecule has 1 aromatic carbocycles. The Kier molecular flexibility index (Phi) is 6.23. The van der Waals surface area contributed by atoms with Gasteiger partial charge in [-0.15, -0.1) is 12.4 Å². The molecular weight excluding hydrogens is 335 g/mol. The van der Waals surface area contributed by atoms with Crippen molar-refractivity contribution in [3.8, 4) is 0 Å². The fraction of sp³-hybridized carbons (Fsp3) is 0.462. The van der Waals surface area contributed by atoms with E-state index in [9.17, 15) is 9.18 Å². The number of piperidine rings is 1. The van der Waals surface area contributed by atoms with Crippen LogP contribution in [-0.4, -0.2) is 24.5 Å². The molecule has 19 heavy (non-hydrogen) atoms. The minimum atomic E-state index is -0.359. The average molecular weight is 352 g/mol. The third-order valence-corrected chi connectivity index (χ3v) is 3.75. The van der Waals surface area contributed by atoms with Gasteiger partial charge in [-0.3, -0.25) is 4.79 Å². The predicted molar refractivity (Wildman–Crippen MR) is 79.3 cm³/mol. The minimum Gasteiger partial charge on any atom is -0.349 e. The van der Waals surface area contributed by atoms with Gasteiger partial charge in [-0.2, -0.15) is 0 Å². The van der Waals surface area contributed by atoms with Crippen molar-refractivity contribution in [2.75, 3.05) is 6.54 Å². The second-order valence-electron chi connectivity index (χ2n) is 4.68. The highest BCUT2D eigenvalue weighted by molar-refractivity contribution is 9.10. The van der Waals surface area contributed by atoms with Gasteiger partial charge in [-0.05, 0) is 60.4 Å². The van der Waals surface area contributed by atoms with E-state index < -0.39 is 0 Å². The second-order valence-corrected chi connectivity index (χ2v) is 5.53. The summed E-state index contributed by atoms with van der Waals surface area (Å²) in [5, 5.41) is 6.32. The first kappa shape index (κ1) is 16.4. The summed E-state index contributed by atoms with van der Waals surface area (Å²) in [5.41, 5.74) is 0.481. The molecule has 1 aliphatic heterocycles. The van der Waals surface area contributed by atoms with E-state index in [0.29, 0.717) is 16.1 Å². The Bertz CT molecular complexity index is 458. The Morgan fingerprint density at radius 2 is 2.26 bits per heavy atom. The van der Waals surface area contributed by atoms with E-state index in [1.807, 2.05) is 0 Å². The van der Waals surface area contributed by atoms with Crippen LogP contribution >= 0.6 is 28.3 Å². The monoisotopic (exact) mass is 350 g/mol. The van der Waals surface area contributed by atoms with E-state index in [1.165, 1.54) is 18.2 Å². The third-order valence-electron chi connectivity index (χ3n) is 3.14. The molecular formula is C13H17BrClFN2O. The Morgan fingerprint density at radius 3 is 2.89 bits per heavy atom. The van der Waals surface area contributed by atoms with Gasteiger partial charge in [0.15, 0.2) is 0 Å². The molecule has 0 spiro atoms. The Hall–Kier alpha value is -0.650. The van der Waals surface area contributed by atoms with Crippen LogP contribution in [0.4, 0.5) is 4.39 Å². The average Bonchev–Trinajstić information content (AvgIpc) is 2.32. The topological polar surface area (TPSA) is 41.1 Å². The van der Waals surface area contributed by atoms with Crippen LogP contribution in [0.5, 0.6) is 0 Å². The van der Waals surface area contributed by atoms with Crippen LogP contribution in [0, 0.1) is 5.82 Å². The first-order valence-corrected chi connectivity index (χ1v) is 6.85. The molecule has 3 nitrogen and oxygen atoms in total. The number of carbonyl (C=O) groups excluding carboxylic acids is 1. The number of benzene rings is 1. The Balaban J connectivity index is 0.00000180. The van der Waals surface area contributed by atoms with E-state index in [-0.39, 0.29) is 30.2 Å². The van der Waals surface area contributed by atoms with Crippen LogP contribution in [0.2, 0.25) is 0 Å². The molecule has 2 atom stereocenters. The lowest BCUT2D eigenvalue weighted by Gasteiger charge is -2.28. The number of carbonyl (C=O) groups is 1. The standard InChI is InChI=1S/C13H16BrFN2O.ClH/c1-8-6-10(4-5-16-8)17-13(18)9-2-3-12(15)11(14)7-9;/h2-3,7-8,10,16H,4-6H2,1H3,(H,17,18);1H. The summed E-state index contributed by atoms with van der Waals surface area (Å²) in [6.45, 7) is 3.02. The van der Waals surface area contributed by atoms with Crippen LogP contribution in [0.3, 0.4) is 0 Å². The summed E-state index contributed by atoms with van der Waals surface area (Å²) in [5.74, 6) is -0.503. The number of hydrogen-bond acceptors (Lipinski definition) is 2. The number of amides is 1. The van der Waals surface area contributed by atoms with E-state index in [2.05, 4.69) is 33.5 Å². The molecule has 0 radical (unpaired) electrons. The lowest BCUT2D eigenvalue weighted by Crippen LogP contribution is -2.46. The predicted octanol–water partition coefficient (Wildman–Crippen LogP) is 2.88. The summed E-state index contributed by atoms with van der Waals surface area (Å²) in [6, 6.07) is 4.92. The van der Waals surface area contributed by atoms with Gasteiger partial charge in [0.25, 0.3) is 5.91 Å². The number of hydrogen-bond donors (Lipinski definition) is 2. The van der Waals surface area contributed by atoms with Gasteiger partial charge in [-0.1, -0.05) is 0 Å². The largest absolute Gasteiger partial charge is 0.349 e. The lowest BCUT2D eigenvalue weighted by atomic mass is 10.0. The van der Waals surface area contributed by atoms with Crippen LogP contribution in [0.25, 0.3) is 0 Å². The van der Waals surface area contributed by atoms with E-state index in [0.717, 1.165) is 19.4 Å². The van der Waals surface area contributed by atoms with E-state index in [1.54, 1.807) is 0 Å². The highest BCUT2D eigenvalue weighted by atomic mass is 79.9. The van der Waals surface area contributed by atoms with Crippen molar-refractivity contribution in [1.82, 2.24) is 10.6 Å². The maximum absolute atomic E-state index is 13.1. The molecule has 1 aromatic rings. The molecule has 2 unspecified atom stereocenters. The fourth-order valence-electron chi connectivity index (χ4n) is 2.17. The summed E-state index contributed by atoms with van der Waals surface area (Å²) >= 11 is 3.08. The van der Waals surface area contributed by atoms with Gasteiger partial charge in [0.05, 0.1) is 4.47 Å². The van der Waals surface area contributed by atoms with Gasteiger partial charge in [0.2, 0.25) is 0 Å². The summed E-state index contributed by atoms with van der Waals surface area (Å²) in [7, 11) is 0. The van der Waals surface area contributed by atoms with Crippen molar-refractivity contribution in [2.24, 2.45) is 0 Å². The van der Waals surface area contributed by atoms with Crippen LogP contribution in [0.1, 0.15) is 30.1 Å². The van der Waals surface area contributed by atoms with Crippen molar-refractivity contribution >= 4 is 34.2 Å². The minimum absolute atomic E-state index is 0. The van der Waals surface area contributed by atoms with Gasteiger partial charge in [-0.25, -0.2) is 4.39 Å². The van der Waals surface area contributed by atoms with Crippen molar-refractivity contribution in [3.63, 3.8) is 0 Å². The molecule has 0 bridgehead atoms. The highest BCUT2D eigenvalue weighted by Crippen LogP contribution is 2.17. The number of halogens is 3. The smallest absolute Gasteiger partial charge is 0.251 e. The molecule has 1 aliphatic rings. The quantitative estimate of drug-likeness (QED) is 0.860. The van der Waals surface area contributed by atoms with Crippen LogP contribution < -0.4 is 10.6 Å². The van der Waals surface area contributed by atoms with Crippen molar-refractivity contribution < 1.29 is 9.18 Å². The van der Waals surface area contributed by atoms with Gasteiger partial charge < -0.3 is 10.6 Å². The Labute approximate surface area is 126 Å². The maximum Gasteiger partial charge on any atom is 0.251 e. The van der Waals surface area contributed by atoms with Crippen LogP contribution in [-0.2, 0) is 0 Å². The molecule has 1 saturated heterocycles. The Morgan fingerprint density at radius 1 is 1.53 bits per heavy atom. The molecule has 106 valence electrons. The molecule has 1 fully saturated rings. The normalized spacial score (nSPS) is 22.5. The summed E-state index contributed by atoms with van der Waals surface area (Å²) < 4.78 is 13.4. The third kappa shape index (κ3) is 4.44. The zero-order valence-electron chi connectivity index (χ0n) is 10.6. The number of nitrogens with one attached hydrogen (secondary N) is 2. The van der Waals surface area contributed by atoms with Crippen molar-refractivity contribution in [2.45, 2.75) is 31.8 Å². The molecule has 0 aliphatic carbocycles. The van der Waals surface area contributed by atoms with E-state index >= 15 is 0 Å². The lowest BCUT2D eigenvalue weighted by molar-refractivity contribution is 0.0925. The molecule has 1 heterocycles. The molecule has 1 amide bonds. The fourth-order valence-corrected chi connectivity index (χ4v) is 2.55. The van der Waals surface area contributed by atoms with Gasteiger partial charge in [0, 0.05) is 17.6 Å². The van der Waals surface area contributed by atoms with Gasteiger partial charge >= 0.3 is 0 Å². The SMILES string of the molecule is CC1CC(NC(=O)c2ccc(F)c(Br)c2)CCN1.Cl. The zero-order chi connectivity index (χ0) is 13.1. The first-order valence-electron chi connectivity index (χ1n) is 6.05. The summed E-state index contributed by atoms with van der Waals surface area (Å²) in [4.78, 5) is 12.0. The van der Waals surface area contributed by atoms with Crippen molar-refractivity contribution in [1.29, 1.82) is 0 Å². The zero-order valence-corrected chi connectivity index (χ0v) is 13.0. The maximum atomic E-state index is 13.1. The summed E-state index contributed by atoms with van der Waals surface area (Å²) in [6.07, 6.45) is 1.85. The second kappa shape index (κ2) is 7.22. The molecule has 2 N–H and O–H groups in total. The number of rotatable bonds is 2. The molecule has 0 aromatic heterocycles. The van der Waals surface area contributed by atoms with Crippen LogP contribution in [0.15, 0.2) is 22.7 Å². The highest BCUT2D eigenvalue weighted by Gasteiger charge is 2.20.